The SMILES string of the molecule is C[C@H](OCCCNC(=O)CN1C(=O)CCOc2ccccc21)c1ccccc1. The van der Waals surface area contributed by atoms with Crippen LogP contribution in [-0.4, -0.2) is 38.1 Å². The molecule has 2 amide bonds. The predicted molar refractivity (Wildman–Crippen MR) is 107 cm³/mol. The average Bonchev–Trinajstić information content (AvgIpc) is 2.87. The van der Waals surface area contributed by atoms with Crippen LogP contribution in [0.25, 0.3) is 0 Å². The van der Waals surface area contributed by atoms with Crippen LogP contribution in [0, 0.1) is 0 Å². The van der Waals surface area contributed by atoms with Gasteiger partial charge in [0.05, 0.1) is 24.8 Å². The van der Waals surface area contributed by atoms with Crippen molar-refractivity contribution in [1.82, 2.24) is 5.32 Å². The van der Waals surface area contributed by atoms with Crippen LogP contribution < -0.4 is 15.0 Å². The number of rotatable bonds is 8. The normalized spacial score (nSPS) is 14.6. The maximum atomic E-state index is 12.3. The standard InChI is InChI=1S/C22H26N2O4/c1-17(18-8-3-2-4-9-18)27-14-7-13-23-21(25)16-24-19-10-5-6-11-20(19)28-15-12-22(24)26/h2-6,8-11,17H,7,12-16H2,1H3,(H,23,25)/t17-/m0/s1. The molecule has 3 rings (SSSR count). The maximum Gasteiger partial charge on any atom is 0.240 e. The molecule has 0 aliphatic carbocycles. The van der Waals surface area contributed by atoms with Crippen molar-refractivity contribution in [2.45, 2.75) is 25.9 Å². The van der Waals surface area contributed by atoms with Crippen molar-refractivity contribution in [1.29, 1.82) is 0 Å². The summed E-state index contributed by atoms with van der Waals surface area (Å²) in [6.45, 7) is 3.37. The van der Waals surface area contributed by atoms with E-state index in [4.69, 9.17) is 9.47 Å². The van der Waals surface area contributed by atoms with Gasteiger partial charge in [0.1, 0.15) is 12.3 Å². The summed E-state index contributed by atoms with van der Waals surface area (Å²) in [5, 5.41) is 2.86. The van der Waals surface area contributed by atoms with E-state index in [1.165, 1.54) is 4.90 Å². The Balaban J connectivity index is 1.42. The minimum Gasteiger partial charge on any atom is -0.491 e. The summed E-state index contributed by atoms with van der Waals surface area (Å²) in [7, 11) is 0. The van der Waals surface area contributed by atoms with E-state index in [-0.39, 0.29) is 30.9 Å². The Morgan fingerprint density at radius 1 is 1.18 bits per heavy atom. The molecular formula is C22H26N2O4. The van der Waals surface area contributed by atoms with Crippen molar-refractivity contribution in [2.75, 3.05) is 31.2 Å². The Bertz CT molecular complexity index is 794. The van der Waals surface area contributed by atoms with Crippen molar-refractivity contribution in [3.05, 3.63) is 60.2 Å². The van der Waals surface area contributed by atoms with Crippen molar-refractivity contribution < 1.29 is 19.1 Å². The minimum absolute atomic E-state index is 0.0134. The second-order valence-electron chi connectivity index (χ2n) is 6.67. The van der Waals surface area contributed by atoms with E-state index in [0.29, 0.717) is 37.6 Å². The van der Waals surface area contributed by atoms with Gasteiger partial charge in [-0.15, -0.1) is 0 Å². The van der Waals surface area contributed by atoms with Crippen molar-refractivity contribution in [3.8, 4) is 5.75 Å². The number of amides is 2. The summed E-state index contributed by atoms with van der Waals surface area (Å²) >= 11 is 0. The van der Waals surface area contributed by atoms with Crippen LogP contribution in [0.4, 0.5) is 5.69 Å². The van der Waals surface area contributed by atoms with E-state index in [0.717, 1.165) is 5.56 Å². The minimum atomic E-state index is -0.193. The van der Waals surface area contributed by atoms with Crippen LogP contribution >= 0.6 is 0 Å². The molecule has 0 fully saturated rings. The molecule has 2 aromatic rings. The third-order valence-electron chi connectivity index (χ3n) is 4.61. The van der Waals surface area contributed by atoms with Crippen molar-refractivity contribution >= 4 is 17.5 Å². The van der Waals surface area contributed by atoms with Gasteiger partial charge in [-0.25, -0.2) is 0 Å². The van der Waals surface area contributed by atoms with Crippen LogP contribution in [0.5, 0.6) is 5.75 Å². The first kappa shape index (κ1) is 19.9. The highest BCUT2D eigenvalue weighted by molar-refractivity contribution is 6.00. The molecule has 1 heterocycles. The Hall–Kier alpha value is -2.86. The Morgan fingerprint density at radius 3 is 2.75 bits per heavy atom. The maximum absolute atomic E-state index is 12.3. The van der Waals surface area contributed by atoms with Crippen LogP contribution in [-0.2, 0) is 14.3 Å². The summed E-state index contributed by atoms with van der Waals surface area (Å²) in [5.41, 5.74) is 1.77. The number of nitrogens with zero attached hydrogens (tertiary/aromatic N) is 1. The van der Waals surface area contributed by atoms with Gasteiger partial charge < -0.3 is 14.8 Å². The molecule has 0 bridgehead atoms. The molecule has 0 saturated heterocycles. The first-order valence-corrected chi connectivity index (χ1v) is 9.60. The van der Waals surface area contributed by atoms with Gasteiger partial charge in [-0.3, -0.25) is 14.5 Å². The number of benzene rings is 2. The summed E-state index contributed by atoms with van der Waals surface area (Å²) < 4.78 is 11.4. The summed E-state index contributed by atoms with van der Waals surface area (Å²) in [6, 6.07) is 17.3. The lowest BCUT2D eigenvalue weighted by Gasteiger charge is -2.21. The summed E-state index contributed by atoms with van der Waals surface area (Å²) in [5.74, 6) is 0.325. The molecule has 2 aromatic carbocycles. The highest BCUT2D eigenvalue weighted by Gasteiger charge is 2.24. The fraction of sp³-hybridized carbons (Fsp3) is 0.364. The quantitative estimate of drug-likeness (QED) is 0.713. The molecule has 1 atom stereocenters. The lowest BCUT2D eigenvalue weighted by atomic mass is 10.1. The average molecular weight is 382 g/mol. The third kappa shape index (κ3) is 5.33. The van der Waals surface area contributed by atoms with E-state index < -0.39 is 0 Å². The zero-order chi connectivity index (χ0) is 19.8. The number of nitrogens with one attached hydrogen (secondary N) is 1. The van der Waals surface area contributed by atoms with E-state index in [1.807, 2.05) is 55.5 Å². The van der Waals surface area contributed by atoms with E-state index >= 15 is 0 Å². The molecule has 148 valence electrons. The van der Waals surface area contributed by atoms with Crippen LogP contribution in [0.2, 0.25) is 0 Å². The van der Waals surface area contributed by atoms with Gasteiger partial charge in [-0.2, -0.15) is 0 Å². The fourth-order valence-electron chi connectivity index (χ4n) is 3.07. The second kappa shape index (κ2) is 9.90. The van der Waals surface area contributed by atoms with E-state index in [2.05, 4.69) is 5.32 Å². The van der Waals surface area contributed by atoms with Crippen LogP contribution in [0.1, 0.15) is 31.4 Å². The number of hydrogen-bond acceptors (Lipinski definition) is 4. The lowest BCUT2D eigenvalue weighted by molar-refractivity contribution is -0.124. The van der Waals surface area contributed by atoms with Gasteiger partial charge in [-0.1, -0.05) is 42.5 Å². The molecule has 6 nitrogen and oxygen atoms in total. The molecular weight excluding hydrogens is 356 g/mol. The van der Waals surface area contributed by atoms with Gasteiger partial charge in [0.25, 0.3) is 0 Å². The van der Waals surface area contributed by atoms with Crippen molar-refractivity contribution in [2.24, 2.45) is 0 Å². The smallest absolute Gasteiger partial charge is 0.240 e. The highest BCUT2D eigenvalue weighted by Crippen LogP contribution is 2.30. The molecule has 28 heavy (non-hydrogen) atoms. The van der Waals surface area contributed by atoms with Gasteiger partial charge in [0.15, 0.2) is 0 Å². The van der Waals surface area contributed by atoms with Gasteiger partial charge in [0, 0.05) is 13.2 Å². The predicted octanol–water partition coefficient (Wildman–Crippen LogP) is 3.09. The van der Waals surface area contributed by atoms with Crippen molar-refractivity contribution in [3.63, 3.8) is 0 Å². The summed E-state index contributed by atoms with van der Waals surface area (Å²) in [6.07, 6.45) is 0.979. The fourth-order valence-corrected chi connectivity index (χ4v) is 3.07. The number of carbonyl (C=O) groups excluding carboxylic acids is 2. The van der Waals surface area contributed by atoms with Crippen LogP contribution in [0.3, 0.4) is 0 Å². The van der Waals surface area contributed by atoms with Gasteiger partial charge >= 0.3 is 0 Å². The molecule has 0 saturated carbocycles. The third-order valence-corrected chi connectivity index (χ3v) is 4.61. The van der Waals surface area contributed by atoms with Crippen LogP contribution in [0.15, 0.2) is 54.6 Å². The first-order valence-electron chi connectivity index (χ1n) is 9.60. The highest BCUT2D eigenvalue weighted by atomic mass is 16.5. The number of fused-ring (bicyclic) bond motifs is 1. The zero-order valence-corrected chi connectivity index (χ0v) is 16.1. The Kier molecular flexibility index (Phi) is 7.03. The van der Waals surface area contributed by atoms with Gasteiger partial charge in [0.2, 0.25) is 11.8 Å². The lowest BCUT2D eigenvalue weighted by Crippen LogP contribution is -2.41. The molecule has 6 heteroatoms. The summed E-state index contributed by atoms with van der Waals surface area (Å²) in [4.78, 5) is 26.1. The number of ether oxygens (including phenoxy) is 2. The molecule has 1 N–H and O–H groups in total. The monoisotopic (exact) mass is 382 g/mol. The van der Waals surface area contributed by atoms with Gasteiger partial charge in [-0.05, 0) is 31.0 Å². The Morgan fingerprint density at radius 2 is 1.93 bits per heavy atom. The molecule has 0 spiro atoms. The number of para-hydroxylation sites is 2. The number of anilines is 1. The van der Waals surface area contributed by atoms with E-state index in [9.17, 15) is 9.59 Å². The largest absolute Gasteiger partial charge is 0.491 e. The molecule has 1 aliphatic rings. The number of hydrogen-bond donors (Lipinski definition) is 1. The number of carbonyl (C=O) groups is 2. The molecule has 1 aliphatic heterocycles. The zero-order valence-electron chi connectivity index (χ0n) is 16.1. The molecule has 0 radical (unpaired) electrons. The topological polar surface area (TPSA) is 67.9 Å². The Labute approximate surface area is 165 Å². The second-order valence-corrected chi connectivity index (χ2v) is 6.67. The van der Waals surface area contributed by atoms with E-state index in [1.54, 1.807) is 6.07 Å². The molecule has 0 aromatic heterocycles. The molecule has 0 unspecified atom stereocenters. The first-order chi connectivity index (χ1) is 13.6.